The van der Waals surface area contributed by atoms with E-state index in [4.69, 9.17) is 42.6 Å². The molecule has 0 spiro atoms. The minimum absolute atomic E-state index is 0.0817. The molecule has 2 aromatic heterocycles. The van der Waals surface area contributed by atoms with Crippen molar-refractivity contribution < 1.29 is 19.4 Å². The number of carbonyl (C=O) groups excluding carboxylic acids is 1. The van der Waals surface area contributed by atoms with Gasteiger partial charge in [-0.1, -0.05) is 59.6 Å². The number of methoxy groups -OCH3 is 2. The molecule has 6 rings (SSSR count). The van der Waals surface area contributed by atoms with Crippen LogP contribution in [0.15, 0.2) is 48.8 Å². The molecule has 1 amide bonds. The monoisotopic (exact) mass is 720 g/mol. The second kappa shape index (κ2) is 16.9. The lowest BCUT2D eigenvalue weighted by molar-refractivity contribution is -0.119. The summed E-state index contributed by atoms with van der Waals surface area (Å²) < 4.78 is 11.2. The summed E-state index contributed by atoms with van der Waals surface area (Å²) >= 11 is 14.1. The fourth-order valence-corrected chi connectivity index (χ4v) is 7.03. The molecule has 2 fully saturated rings. The minimum atomic E-state index is -0.465. The number of aromatic nitrogens is 4. The van der Waals surface area contributed by atoms with E-state index >= 15 is 0 Å². The molecule has 2 aromatic carbocycles. The SMILES string of the molecule is COc1nc(-c2cccc(-c3cccc(-c4cnc(CNC[C@@H]5CCC(=O)N5)c(OC)n4)c3Cl)c2Cl)cnc1CNCC(O)CN1CCCC1. The Labute approximate surface area is 302 Å². The first-order valence-corrected chi connectivity index (χ1v) is 17.6. The van der Waals surface area contributed by atoms with Gasteiger partial charge in [-0.3, -0.25) is 14.8 Å². The molecule has 2 atom stereocenters. The van der Waals surface area contributed by atoms with Gasteiger partial charge in [-0.15, -0.1) is 0 Å². The summed E-state index contributed by atoms with van der Waals surface area (Å²) in [7, 11) is 3.11. The fraction of sp³-hybridized carbons (Fsp3) is 0.417. The molecule has 4 heterocycles. The number of benzene rings is 2. The van der Waals surface area contributed by atoms with E-state index in [1.165, 1.54) is 12.8 Å². The Balaban J connectivity index is 1.17. The number of β-amino-alcohol motifs (C(OH)–C–C–N with tert-alkyl or cyclic N) is 1. The Morgan fingerprint density at radius 1 is 0.880 bits per heavy atom. The molecule has 1 unspecified atom stereocenters. The highest BCUT2D eigenvalue weighted by Gasteiger charge is 2.22. The van der Waals surface area contributed by atoms with Gasteiger partial charge in [0, 0.05) is 67.4 Å². The number of hydrogen-bond acceptors (Lipinski definition) is 11. The van der Waals surface area contributed by atoms with Crippen LogP contribution in [0.4, 0.5) is 0 Å². The van der Waals surface area contributed by atoms with Crippen molar-refractivity contribution in [2.24, 2.45) is 0 Å². The number of ether oxygens (including phenoxy) is 2. The van der Waals surface area contributed by atoms with Crippen LogP contribution in [0.25, 0.3) is 33.6 Å². The van der Waals surface area contributed by atoms with Crippen LogP contribution in [0.1, 0.15) is 37.1 Å². The lowest BCUT2D eigenvalue weighted by atomic mass is 9.98. The maximum Gasteiger partial charge on any atom is 0.237 e. The molecule has 264 valence electrons. The van der Waals surface area contributed by atoms with Gasteiger partial charge in [-0.05, 0) is 32.4 Å². The molecule has 14 heteroatoms. The van der Waals surface area contributed by atoms with Gasteiger partial charge in [0.1, 0.15) is 11.4 Å². The molecule has 50 heavy (non-hydrogen) atoms. The second-order valence-electron chi connectivity index (χ2n) is 12.5. The fourth-order valence-electron chi connectivity index (χ4n) is 6.38. The zero-order chi connectivity index (χ0) is 35.0. The first-order valence-electron chi connectivity index (χ1n) is 16.8. The molecular formula is C36H42Cl2N8O4. The van der Waals surface area contributed by atoms with Gasteiger partial charge in [-0.2, -0.15) is 0 Å². The molecule has 4 aromatic rings. The van der Waals surface area contributed by atoms with E-state index in [0.29, 0.717) is 100 Å². The van der Waals surface area contributed by atoms with E-state index in [0.717, 1.165) is 25.1 Å². The number of hydrogen-bond donors (Lipinski definition) is 4. The van der Waals surface area contributed by atoms with E-state index < -0.39 is 6.10 Å². The molecule has 2 saturated heterocycles. The molecule has 2 aliphatic rings. The highest BCUT2D eigenvalue weighted by Crippen LogP contribution is 2.42. The number of amides is 1. The maximum absolute atomic E-state index is 11.5. The predicted octanol–water partition coefficient (Wildman–Crippen LogP) is 4.51. The molecule has 4 N–H and O–H groups in total. The molecule has 12 nitrogen and oxygen atoms in total. The van der Waals surface area contributed by atoms with Crippen molar-refractivity contribution in [3.63, 3.8) is 0 Å². The highest BCUT2D eigenvalue weighted by molar-refractivity contribution is 6.39. The van der Waals surface area contributed by atoms with Crippen molar-refractivity contribution in [3.05, 3.63) is 70.2 Å². The molecule has 0 aliphatic carbocycles. The summed E-state index contributed by atoms with van der Waals surface area (Å²) in [5, 5.41) is 20.9. The summed E-state index contributed by atoms with van der Waals surface area (Å²) in [4.78, 5) is 32.5. The summed E-state index contributed by atoms with van der Waals surface area (Å²) in [6.45, 7) is 4.66. The predicted molar refractivity (Wildman–Crippen MR) is 193 cm³/mol. The van der Waals surface area contributed by atoms with Crippen molar-refractivity contribution in [3.8, 4) is 45.4 Å². The maximum atomic E-state index is 11.5. The summed E-state index contributed by atoms with van der Waals surface area (Å²) in [5.74, 6) is 0.844. The first-order chi connectivity index (χ1) is 24.3. The van der Waals surface area contributed by atoms with Crippen LogP contribution in [0.5, 0.6) is 11.8 Å². The van der Waals surface area contributed by atoms with Crippen molar-refractivity contribution >= 4 is 29.1 Å². The first kappa shape index (κ1) is 35.9. The third-order valence-corrected chi connectivity index (χ3v) is 9.77. The second-order valence-corrected chi connectivity index (χ2v) is 13.2. The van der Waals surface area contributed by atoms with Crippen LogP contribution in [-0.4, -0.2) is 94.9 Å². The Kier molecular flexibility index (Phi) is 12.1. The standard InChI is InChI=1S/C36H42Cl2N8O4/c1-49-35-30(17-39-15-22-11-12-32(48)43-22)41-19-28(44-35)26-9-5-7-24(33(26)37)25-8-6-10-27(34(25)38)29-20-42-31(36(45-29)50-2)18-40-16-23(47)21-46-13-3-4-14-46/h5-10,19-20,22-23,39-40,47H,3-4,11-18,21H2,1-2H3,(H,43,48)/t22-,23?/m0/s1. The van der Waals surface area contributed by atoms with E-state index in [1.807, 2.05) is 36.4 Å². The normalized spacial score (nSPS) is 16.8. The van der Waals surface area contributed by atoms with Gasteiger partial charge in [0.2, 0.25) is 17.7 Å². The lowest BCUT2D eigenvalue weighted by Crippen LogP contribution is -2.37. The topological polar surface area (TPSA) is 147 Å². The molecule has 0 bridgehead atoms. The van der Waals surface area contributed by atoms with Crippen LogP contribution in [-0.2, 0) is 17.9 Å². The van der Waals surface area contributed by atoms with E-state index in [-0.39, 0.29) is 11.9 Å². The van der Waals surface area contributed by atoms with Crippen LogP contribution >= 0.6 is 23.2 Å². The average Bonchev–Trinajstić information content (AvgIpc) is 3.80. The molecule has 0 radical (unpaired) electrons. The number of nitrogens with one attached hydrogen (secondary N) is 3. The number of likely N-dealkylation sites (tertiary alicyclic amines) is 1. The van der Waals surface area contributed by atoms with Crippen LogP contribution in [0.3, 0.4) is 0 Å². The lowest BCUT2D eigenvalue weighted by Gasteiger charge is -2.19. The van der Waals surface area contributed by atoms with Crippen molar-refractivity contribution in [1.82, 2.24) is 40.8 Å². The van der Waals surface area contributed by atoms with Crippen LogP contribution in [0, 0.1) is 0 Å². The van der Waals surface area contributed by atoms with Gasteiger partial charge in [0.05, 0.1) is 54.2 Å². The zero-order valence-electron chi connectivity index (χ0n) is 28.2. The Hall–Kier alpha value is -3.91. The number of rotatable bonds is 15. The van der Waals surface area contributed by atoms with Crippen molar-refractivity contribution in [1.29, 1.82) is 0 Å². The molecular weight excluding hydrogens is 679 g/mol. The van der Waals surface area contributed by atoms with Crippen molar-refractivity contribution in [2.45, 2.75) is 50.9 Å². The third kappa shape index (κ3) is 8.51. The van der Waals surface area contributed by atoms with Crippen LogP contribution < -0.4 is 25.4 Å². The summed E-state index contributed by atoms with van der Waals surface area (Å²) in [6.07, 6.45) is 6.63. The number of halogens is 2. The minimum Gasteiger partial charge on any atom is -0.480 e. The Morgan fingerprint density at radius 2 is 1.42 bits per heavy atom. The van der Waals surface area contributed by atoms with Gasteiger partial charge < -0.3 is 35.4 Å². The Morgan fingerprint density at radius 3 is 1.94 bits per heavy atom. The van der Waals surface area contributed by atoms with E-state index in [9.17, 15) is 9.90 Å². The van der Waals surface area contributed by atoms with E-state index in [1.54, 1.807) is 26.6 Å². The highest BCUT2D eigenvalue weighted by atomic mass is 35.5. The van der Waals surface area contributed by atoms with Gasteiger partial charge >= 0.3 is 0 Å². The van der Waals surface area contributed by atoms with Crippen LogP contribution in [0.2, 0.25) is 10.0 Å². The summed E-state index contributed by atoms with van der Waals surface area (Å²) in [5.41, 5.74) is 5.17. The number of aliphatic hydroxyl groups excluding tert-OH is 1. The van der Waals surface area contributed by atoms with Gasteiger partial charge in [0.15, 0.2) is 0 Å². The average molecular weight is 722 g/mol. The number of carbonyl (C=O) groups is 1. The largest absolute Gasteiger partial charge is 0.480 e. The number of aliphatic hydroxyl groups is 1. The van der Waals surface area contributed by atoms with Gasteiger partial charge in [0.25, 0.3) is 0 Å². The Bertz CT molecular complexity index is 1810. The number of nitrogens with zero attached hydrogens (tertiary/aromatic N) is 5. The summed E-state index contributed by atoms with van der Waals surface area (Å²) in [6, 6.07) is 11.5. The van der Waals surface area contributed by atoms with Crippen molar-refractivity contribution in [2.75, 3.05) is 46.9 Å². The zero-order valence-corrected chi connectivity index (χ0v) is 29.7. The smallest absolute Gasteiger partial charge is 0.237 e. The quantitative estimate of drug-likeness (QED) is 0.138. The molecule has 0 saturated carbocycles. The third-order valence-electron chi connectivity index (χ3n) is 8.96. The van der Waals surface area contributed by atoms with E-state index in [2.05, 4.69) is 30.8 Å². The van der Waals surface area contributed by atoms with Gasteiger partial charge in [-0.25, -0.2) is 9.97 Å². The molecule has 2 aliphatic heterocycles.